The van der Waals surface area contributed by atoms with E-state index < -0.39 is 5.97 Å². The standard InChI is InChI=1S/C29H56ClNO14/c30-4-7-36-9-11-38-13-15-40-17-19-42-21-23-44-25-27-45-26-24-43-22-20-41-18-16-39-14-12-37-10-8-35-6-1-5-31-28(32)2-3-29(33)34/h1-27H2,(H,31,32)(H,33,34). The van der Waals surface area contributed by atoms with Crippen molar-refractivity contribution in [3.8, 4) is 0 Å². The van der Waals surface area contributed by atoms with Crippen LogP contribution in [0.15, 0.2) is 0 Å². The molecule has 0 aliphatic heterocycles. The summed E-state index contributed by atoms with van der Waals surface area (Å²) in [7, 11) is 0. The third kappa shape index (κ3) is 40.8. The summed E-state index contributed by atoms with van der Waals surface area (Å²) in [5.41, 5.74) is 0. The van der Waals surface area contributed by atoms with E-state index in [4.69, 9.17) is 68.8 Å². The Morgan fingerprint density at radius 3 is 0.956 bits per heavy atom. The van der Waals surface area contributed by atoms with E-state index >= 15 is 0 Å². The van der Waals surface area contributed by atoms with Gasteiger partial charge < -0.3 is 62.5 Å². The molecule has 0 saturated heterocycles. The van der Waals surface area contributed by atoms with E-state index in [0.29, 0.717) is 164 Å². The van der Waals surface area contributed by atoms with Gasteiger partial charge >= 0.3 is 5.97 Å². The summed E-state index contributed by atoms with van der Waals surface area (Å²) in [6.45, 7) is 11.3. The summed E-state index contributed by atoms with van der Waals surface area (Å²) < 4.78 is 59.5. The largest absolute Gasteiger partial charge is 0.481 e. The fourth-order valence-corrected chi connectivity index (χ4v) is 3.18. The molecule has 268 valence electrons. The lowest BCUT2D eigenvalue weighted by molar-refractivity contribution is -0.138. The Bertz CT molecular complexity index is 624. The molecule has 0 fully saturated rings. The molecular weight excluding hydrogens is 622 g/mol. The lowest BCUT2D eigenvalue weighted by atomic mass is 10.3. The Labute approximate surface area is 272 Å². The third-order valence-corrected chi connectivity index (χ3v) is 5.45. The Kier molecular flexibility index (Phi) is 37.9. The maximum absolute atomic E-state index is 11.4. The van der Waals surface area contributed by atoms with Crippen LogP contribution in [0.1, 0.15) is 19.3 Å². The maximum atomic E-state index is 11.4. The van der Waals surface area contributed by atoms with Gasteiger partial charge in [0.2, 0.25) is 5.91 Å². The van der Waals surface area contributed by atoms with Gasteiger partial charge in [-0.15, -0.1) is 11.6 Å². The summed E-state index contributed by atoms with van der Waals surface area (Å²) in [5, 5.41) is 11.2. The molecule has 0 radical (unpaired) electrons. The maximum Gasteiger partial charge on any atom is 0.303 e. The number of hydrogen-bond acceptors (Lipinski definition) is 13. The predicted molar refractivity (Wildman–Crippen MR) is 164 cm³/mol. The zero-order valence-corrected chi connectivity index (χ0v) is 27.5. The highest BCUT2D eigenvalue weighted by Gasteiger charge is 2.04. The normalized spacial score (nSPS) is 11.3. The number of carbonyl (C=O) groups is 2. The molecule has 0 aliphatic carbocycles. The Hall–Kier alpha value is -1.21. The molecule has 45 heavy (non-hydrogen) atoms. The topological polar surface area (TPSA) is 168 Å². The minimum Gasteiger partial charge on any atom is -0.481 e. The number of aliphatic carboxylic acids is 1. The van der Waals surface area contributed by atoms with E-state index in [0.717, 1.165) is 0 Å². The number of nitrogens with one attached hydrogen (secondary N) is 1. The van der Waals surface area contributed by atoms with Gasteiger partial charge in [-0.25, -0.2) is 0 Å². The second-order valence-electron chi connectivity index (χ2n) is 9.02. The lowest BCUT2D eigenvalue weighted by Gasteiger charge is -2.09. The van der Waals surface area contributed by atoms with Crippen LogP contribution in [0, 0.1) is 0 Å². The number of hydrogen-bond donors (Lipinski definition) is 2. The molecule has 0 spiro atoms. The van der Waals surface area contributed by atoms with Gasteiger partial charge in [0.15, 0.2) is 0 Å². The van der Waals surface area contributed by atoms with Crippen molar-refractivity contribution in [1.82, 2.24) is 5.32 Å². The quantitative estimate of drug-likeness (QED) is 0.0692. The van der Waals surface area contributed by atoms with Crippen molar-refractivity contribution in [1.29, 1.82) is 0 Å². The van der Waals surface area contributed by atoms with Gasteiger partial charge in [0, 0.05) is 25.5 Å². The monoisotopic (exact) mass is 677 g/mol. The number of carboxylic acid groups (broad SMARTS) is 1. The van der Waals surface area contributed by atoms with E-state index in [1.807, 2.05) is 0 Å². The lowest BCUT2D eigenvalue weighted by Crippen LogP contribution is -2.25. The average Bonchev–Trinajstić information content (AvgIpc) is 3.03. The number of halogens is 1. The summed E-state index contributed by atoms with van der Waals surface area (Å²) >= 11 is 5.50. The van der Waals surface area contributed by atoms with Crippen molar-refractivity contribution < 1.29 is 66.8 Å². The number of amides is 1. The first kappa shape index (κ1) is 43.8. The Balaban J connectivity index is 3.08. The second kappa shape index (κ2) is 39.0. The van der Waals surface area contributed by atoms with Crippen molar-refractivity contribution in [3.63, 3.8) is 0 Å². The van der Waals surface area contributed by atoms with E-state index in [9.17, 15) is 9.59 Å². The molecule has 15 nitrogen and oxygen atoms in total. The molecule has 1 amide bonds. The summed E-state index contributed by atoms with van der Waals surface area (Å²) in [6, 6.07) is 0. The zero-order chi connectivity index (χ0) is 32.7. The first-order valence-corrected chi connectivity index (χ1v) is 16.1. The molecule has 0 saturated carbocycles. The van der Waals surface area contributed by atoms with Crippen LogP contribution in [-0.2, 0) is 61.7 Å². The highest BCUT2D eigenvalue weighted by molar-refractivity contribution is 6.17. The number of alkyl halides is 1. The molecule has 16 heteroatoms. The SMILES string of the molecule is O=C(O)CCC(=O)NCCCOCCOCCOCCOCCOCCOCCOCCOCCOCCOCCOCCCl. The van der Waals surface area contributed by atoms with E-state index in [1.165, 1.54) is 0 Å². The van der Waals surface area contributed by atoms with Crippen LogP contribution in [0.25, 0.3) is 0 Å². The third-order valence-electron chi connectivity index (χ3n) is 5.30. The predicted octanol–water partition coefficient (Wildman–Crippen LogP) is 0.779. The minimum absolute atomic E-state index is 0.0102. The molecule has 0 aromatic heterocycles. The van der Waals surface area contributed by atoms with Crippen LogP contribution in [0.2, 0.25) is 0 Å². The first-order chi connectivity index (χ1) is 22.2. The molecule has 0 aromatic carbocycles. The van der Waals surface area contributed by atoms with Crippen molar-refractivity contribution in [2.75, 3.05) is 158 Å². The fraction of sp³-hybridized carbons (Fsp3) is 0.931. The summed E-state index contributed by atoms with van der Waals surface area (Å²) in [4.78, 5) is 21.7. The van der Waals surface area contributed by atoms with Crippen molar-refractivity contribution >= 4 is 23.5 Å². The molecule has 0 aromatic rings. The van der Waals surface area contributed by atoms with Crippen LogP contribution < -0.4 is 5.32 Å². The number of rotatable bonds is 39. The fourth-order valence-electron chi connectivity index (χ4n) is 3.07. The van der Waals surface area contributed by atoms with Crippen LogP contribution in [0.5, 0.6) is 0 Å². The highest BCUT2D eigenvalue weighted by atomic mass is 35.5. The van der Waals surface area contributed by atoms with Crippen LogP contribution in [0.4, 0.5) is 0 Å². The number of ether oxygens (including phenoxy) is 11. The van der Waals surface area contributed by atoms with Gasteiger partial charge in [-0.2, -0.15) is 0 Å². The van der Waals surface area contributed by atoms with Crippen molar-refractivity contribution in [2.24, 2.45) is 0 Å². The van der Waals surface area contributed by atoms with Crippen molar-refractivity contribution in [3.05, 3.63) is 0 Å². The van der Waals surface area contributed by atoms with Gasteiger partial charge in [0.05, 0.1) is 145 Å². The number of carbonyl (C=O) groups excluding carboxylic acids is 1. The van der Waals surface area contributed by atoms with E-state index in [-0.39, 0.29) is 18.7 Å². The second-order valence-corrected chi connectivity index (χ2v) is 9.40. The van der Waals surface area contributed by atoms with Crippen molar-refractivity contribution in [2.45, 2.75) is 19.3 Å². The van der Waals surface area contributed by atoms with Gasteiger partial charge in [0.1, 0.15) is 0 Å². The smallest absolute Gasteiger partial charge is 0.303 e. The molecule has 0 aliphatic rings. The van der Waals surface area contributed by atoms with E-state index in [2.05, 4.69) is 5.32 Å². The van der Waals surface area contributed by atoms with Gasteiger partial charge in [0.25, 0.3) is 0 Å². The van der Waals surface area contributed by atoms with E-state index in [1.54, 1.807) is 0 Å². The van der Waals surface area contributed by atoms with Gasteiger partial charge in [-0.05, 0) is 6.42 Å². The summed E-state index contributed by atoms with van der Waals surface area (Å²) in [5.74, 6) is -0.759. The zero-order valence-electron chi connectivity index (χ0n) is 26.7. The molecule has 0 atom stereocenters. The molecule has 2 N–H and O–H groups in total. The highest BCUT2D eigenvalue weighted by Crippen LogP contribution is 1.90. The van der Waals surface area contributed by atoms with Crippen LogP contribution in [-0.4, -0.2) is 175 Å². The molecule has 0 unspecified atom stereocenters. The Morgan fingerprint density at radius 2 is 0.689 bits per heavy atom. The average molecular weight is 678 g/mol. The summed E-state index contributed by atoms with van der Waals surface area (Å²) in [6.07, 6.45) is 0.477. The minimum atomic E-state index is -0.983. The molecule has 0 heterocycles. The number of carboxylic acids is 1. The van der Waals surface area contributed by atoms with Crippen LogP contribution >= 0.6 is 11.6 Å². The first-order valence-electron chi connectivity index (χ1n) is 15.6. The van der Waals surface area contributed by atoms with Crippen LogP contribution in [0.3, 0.4) is 0 Å². The van der Waals surface area contributed by atoms with Gasteiger partial charge in [-0.3, -0.25) is 9.59 Å². The Morgan fingerprint density at radius 1 is 0.422 bits per heavy atom. The molecule has 0 rings (SSSR count). The molecule has 0 bridgehead atoms. The molecular formula is C29H56ClNO14. The van der Waals surface area contributed by atoms with Gasteiger partial charge in [-0.1, -0.05) is 0 Å².